The largest absolute Gasteiger partial charge is 0.477 e. The summed E-state index contributed by atoms with van der Waals surface area (Å²) in [6.07, 6.45) is 7.42. The minimum absolute atomic E-state index is 0.0434. The number of aromatic nitrogens is 3. The van der Waals surface area contributed by atoms with E-state index in [0.717, 1.165) is 43.4 Å². The van der Waals surface area contributed by atoms with E-state index in [1.807, 2.05) is 4.68 Å². The summed E-state index contributed by atoms with van der Waals surface area (Å²) in [6, 6.07) is 1.80. The van der Waals surface area contributed by atoms with Crippen LogP contribution in [0.5, 0.6) is 5.88 Å². The summed E-state index contributed by atoms with van der Waals surface area (Å²) in [5.74, 6) is 0.813. The molecule has 1 aliphatic carbocycles. The van der Waals surface area contributed by atoms with Gasteiger partial charge in [-0.25, -0.2) is 9.67 Å². The monoisotopic (exact) mass is 417 g/mol. The summed E-state index contributed by atoms with van der Waals surface area (Å²) in [5, 5.41) is 10.7. The molecule has 29 heavy (non-hydrogen) atoms. The lowest BCUT2D eigenvalue weighted by Gasteiger charge is -2.28. The van der Waals surface area contributed by atoms with Crippen molar-refractivity contribution in [2.24, 2.45) is 5.92 Å². The third-order valence-electron chi connectivity index (χ3n) is 5.39. The van der Waals surface area contributed by atoms with Gasteiger partial charge in [0.15, 0.2) is 0 Å². The number of pyridine rings is 1. The van der Waals surface area contributed by atoms with Crippen LogP contribution in [0.2, 0.25) is 5.02 Å². The third kappa shape index (κ3) is 4.37. The molecule has 4 rings (SSSR count). The average molecular weight is 418 g/mol. The lowest BCUT2D eigenvalue weighted by Crippen LogP contribution is -2.40. The van der Waals surface area contributed by atoms with Crippen molar-refractivity contribution in [1.29, 1.82) is 0 Å². The predicted molar refractivity (Wildman–Crippen MR) is 109 cm³/mol. The Balaban J connectivity index is 1.50. The second-order valence-electron chi connectivity index (χ2n) is 7.59. The van der Waals surface area contributed by atoms with Crippen LogP contribution in [-0.4, -0.2) is 39.2 Å². The fourth-order valence-electron chi connectivity index (χ4n) is 4.04. The van der Waals surface area contributed by atoms with E-state index in [0.29, 0.717) is 29.7 Å². The molecule has 8 nitrogen and oxygen atoms in total. The lowest BCUT2D eigenvalue weighted by molar-refractivity contribution is -0.123. The number of rotatable bonds is 4. The van der Waals surface area contributed by atoms with Gasteiger partial charge < -0.3 is 15.4 Å². The van der Waals surface area contributed by atoms with E-state index in [1.54, 1.807) is 12.3 Å². The number of amides is 2. The van der Waals surface area contributed by atoms with Gasteiger partial charge in [-0.3, -0.25) is 9.59 Å². The first-order valence-corrected chi connectivity index (χ1v) is 10.3. The normalized spacial score (nSPS) is 21.0. The summed E-state index contributed by atoms with van der Waals surface area (Å²) in [7, 11) is 0. The highest BCUT2D eigenvalue weighted by Crippen LogP contribution is 2.37. The Kier molecular flexibility index (Phi) is 5.71. The van der Waals surface area contributed by atoms with Crippen molar-refractivity contribution in [3.05, 3.63) is 23.5 Å². The maximum atomic E-state index is 12.8. The summed E-state index contributed by atoms with van der Waals surface area (Å²) in [6.45, 7) is 2.95. The Morgan fingerprint density at radius 1 is 1.24 bits per heavy atom. The first kappa shape index (κ1) is 19.7. The van der Waals surface area contributed by atoms with E-state index in [1.165, 1.54) is 13.1 Å². The predicted octanol–water partition coefficient (Wildman–Crippen LogP) is 3.01. The lowest BCUT2D eigenvalue weighted by atomic mass is 9.85. The van der Waals surface area contributed by atoms with E-state index in [2.05, 4.69) is 20.7 Å². The van der Waals surface area contributed by atoms with E-state index in [4.69, 9.17) is 16.3 Å². The summed E-state index contributed by atoms with van der Waals surface area (Å²) in [5.41, 5.74) is 1.51. The maximum absolute atomic E-state index is 12.8. The van der Waals surface area contributed by atoms with Crippen LogP contribution in [0.25, 0.3) is 11.1 Å². The highest BCUT2D eigenvalue weighted by atomic mass is 35.5. The van der Waals surface area contributed by atoms with Crippen molar-refractivity contribution < 1.29 is 14.3 Å². The SMILES string of the molecule is CC(=O)N[C@@H]1CCCC(C(=O)Nc2cc(-c3cnn4c3OCCC4)c(Cl)cn2)C1. The van der Waals surface area contributed by atoms with Crippen LogP contribution in [0.15, 0.2) is 18.5 Å². The molecule has 9 heteroatoms. The molecule has 2 aromatic rings. The quantitative estimate of drug-likeness (QED) is 0.796. The maximum Gasteiger partial charge on any atom is 0.228 e. The van der Waals surface area contributed by atoms with E-state index in [9.17, 15) is 9.59 Å². The Labute approximate surface area is 174 Å². The Hall–Kier alpha value is -2.61. The van der Waals surface area contributed by atoms with Crippen LogP contribution < -0.4 is 15.4 Å². The molecule has 3 heterocycles. The molecule has 2 aliphatic rings. The van der Waals surface area contributed by atoms with Crippen molar-refractivity contribution in [3.8, 4) is 17.0 Å². The number of hydrogen-bond acceptors (Lipinski definition) is 5. The van der Waals surface area contributed by atoms with Gasteiger partial charge in [0.05, 0.1) is 23.4 Å². The van der Waals surface area contributed by atoms with E-state index >= 15 is 0 Å². The standard InChI is InChI=1S/C20H24ClN5O3/c1-12(27)24-14-5-2-4-13(8-14)19(28)25-18-9-15(17(21)11-22-18)16-10-23-26-6-3-7-29-20(16)26/h9-11,13-14H,2-8H2,1H3,(H,24,27)(H,22,25,28)/t13?,14-/m1/s1. The second-order valence-corrected chi connectivity index (χ2v) is 8.00. The Morgan fingerprint density at radius 2 is 2.10 bits per heavy atom. The van der Waals surface area contributed by atoms with Gasteiger partial charge in [-0.15, -0.1) is 0 Å². The molecule has 0 saturated heterocycles. The van der Waals surface area contributed by atoms with Gasteiger partial charge in [0.2, 0.25) is 17.7 Å². The zero-order chi connectivity index (χ0) is 20.4. The van der Waals surface area contributed by atoms with Gasteiger partial charge in [-0.1, -0.05) is 18.0 Å². The molecular formula is C20H24ClN5O3. The molecule has 0 aromatic carbocycles. The first-order chi connectivity index (χ1) is 14.0. The Morgan fingerprint density at radius 3 is 2.93 bits per heavy atom. The third-order valence-corrected chi connectivity index (χ3v) is 5.69. The summed E-state index contributed by atoms with van der Waals surface area (Å²) >= 11 is 6.37. The number of nitrogens with zero attached hydrogens (tertiary/aromatic N) is 3. The molecule has 2 atom stereocenters. The molecule has 154 valence electrons. The fourth-order valence-corrected chi connectivity index (χ4v) is 4.25. The summed E-state index contributed by atoms with van der Waals surface area (Å²) in [4.78, 5) is 28.4. The molecule has 0 radical (unpaired) electrons. The number of ether oxygens (including phenoxy) is 1. The van der Waals surface area contributed by atoms with Gasteiger partial charge in [-0.05, 0) is 25.3 Å². The molecule has 1 unspecified atom stereocenters. The molecule has 2 aromatic heterocycles. The molecule has 1 saturated carbocycles. The zero-order valence-corrected chi connectivity index (χ0v) is 17.0. The minimum atomic E-state index is -0.159. The number of anilines is 1. The van der Waals surface area contributed by atoms with Crippen molar-refractivity contribution in [2.75, 3.05) is 11.9 Å². The van der Waals surface area contributed by atoms with Crippen molar-refractivity contribution >= 4 is 29.2 Å². The zero-order valence-electron chi connectivity index (χ0n) is 16.3. The van der Waals surface area contributed by atoms with Crippen molar-refractivity contribution in [3.63, 3.8) is 0 Å². The number of halogens is 1. The molecule has 2 amide bonds. The number of carbonyl (C=O) groups is 2. The molecule has 2 N–H and O–H groups in total. The number of fused-ring (bicyclic) bond motifs is 1. The van der Waals surface area contributed by atoms with Crippen molar-refractivity contribution in [2.45, 2.75) is 51.6 Å². The number of carbonyl (C=O) groups excluding carboxylic acids is 2. The van der Waals surface area contributed by atoms with Gasteiger partial charge in [0.1, 0.15) is 5.82 Å². The Bertz CT molecular complexity index is 929. The van der Waals surface area contributed by atoms with Gasteiger partial charge in [-0.2, -0.15) is 5.10 Å². The number of aryl methyl sites for hydroxylation is 1. The van der Waals surface area contributed by atoms with E-state index in [-0.39, 0.29) is 23.8 Å². The van der Waals surface area contributed by atoms with Crippen LogP contribution in [0.4, 0.5) is 5.82 Å². The van der Waals surface area contributed by atoms with Crippen LogP contribution in [-0.2, 0) is 16.1 Å². The van der Waals surface area contributed by atoms with Gasteiger partial charge in [0.25, 0.3) is 0 Å². The second kappa shape index (κ2) is 8.41. The number of nitrogens with one attached hydrogen (secondary N) is 2. The van der Waals surface area contributed by atoms with Gasteiger partial charge >= 0.3 is 0 Å². The topological polar surface area (TPSA) is 98.1 Å². The highest BCUT2D eigenvalue weighted by molar-refractivity contribution is 6.33. The molecule has 1 aliphatic heterocycles. The smallest absolute Gasteiger partial charge is 0.228 e. The fraction of sp³-hybridized carbons (Fsp3) is 0.500. The minimum Gasteiger partial charge on any atom is -0.477 e. The molecule has 1 fully saturated rings. The van der Waals surface area contributed by atoms with E-state index < -0.39 is 0 Å². The molecule has 0 spiro atoms. The first-order valence-electron chi connectivity index (χ1n) is 9.93. The molecule has 0 bridgehead atoms. The van der Waals surface area contributed by atoms with Crippen LogP contribution >= 0.6 is 11.6 Å². The van der Waals surface area contributed by atoms with Crippen LogP contribution in [0.3, 0.4) is 0 Å². The number of hydrogen-bond donors (Lipinski definition) is 2. The van der Waals surface area contributed by atoms with Gasteiger partial charge in [0, 0.05) is 43.6 Å². The highest BCUT2D eigenvalue weighted by Gasteiger charge is 2.28. The van der Waals surface area contributed by atoms with Crippen LogP contribution in [0, 0.1) is 5.92 Å². The average Bonchev–Trinajstić information content (AvgIpc) is 3.13. The molecular weight excluding hydrogens is 394 g/mol. The van der Waals surface area contributed by atoms with Crippen molar-refractivity contribution in [1.82, 2.24) is 20.1 Å². The summed E-state index contributed by atoms with van der Waals surface area (Å²) < 4.78 is 7.58. The van der Waals surface area contributed by atoms with Crippen LogP contribution in [0.1, 0.15) is 39.0 Å².